The topological polar surface area (TPSA) is 50.9 Å². The summed E-state index contributed by atoms with van der Waals surface area (Å²) in [6.07, 6.45) is 3.93. The Kier molecular flexibility index (Phi) is 2.74. The van der Waals surface area contributed by atoms with Crippen LogP contribution >= 0.6 is 15.9 Å². The Labute approximate surface area is 92.2 Å². The number of nitrogens with zero attached hydrogens (tertiary/aromatic N) is 1. The highest BCUT2D eigenvalue weighted by Gasteiger charge is 2.25. The number of halogens is 1. The summed E-state index contributed by atoms with van der Waals surface area (Å²) in [5.74, 6) is 0.947. The molecule has 0 atom stereocenters. The monoisotopic (exact) mass is 255 g/mol. The van der Waals surface area contributed by atoms with Crippen molar-refractivity contribution in [3.63, 3.8) is 0 Å². The van der Waals surface area contributed by atoms with Gasteiger partial charge in [-0.3, -0.25) is 0 Å². The van der Waals surface area contributed by atoms with Gasteiger partial charge in [-0.1, -0.05) is 0 Å². The minimum atomic E-state index is 0.379. The van der Waals surface area contributed by atoms with E-state index in [4.69, 9.17) is 5.73 Å². The maximum atomic E-state index is 5.71. The molecule has 1 aliphatic carbocycles. The van der Waals surface area contributed by atoms with Crippen molar-refractivity contribution in [3.8, 4) is 0 Å². The normalized spacial score (nSPS) is 25.6. The Morgan fingerprint density at radius 3 is 2.86 bits per heavy atom. The zero-order valence-electron chi connectivity index (χ0n) is 8.13. The van der Waals surface area contributed by atoms with Crippen molar-refractivity contribution < 1.29 is 0 Å². The molecule has 0 unspecified atom stereocenters. The lowest BCUT2D eigenvalue weighted by atomic mass is 9.88. The molecule has 76 valence electrons. The molecule has 0 aliphatic heterocycles. The van der Waals surface area contributed by atoms with Gasteiger partial charge in [0.1, 0.15) is 5.82 Å². The van der Waals surface area contributed by atoms with Crippen LogP contribution in [0.15, 0.2) is 16.7 Å². The second-order valence-corrected chi connectivity index (χ2v) is 4.75. The molecule has 0 radical (unpaired) electrons. The summed E-state index contributed by atoms with van der Waals surface area (Å²) in [6.45, 7) is 2.06. The molecule has 1 aliphatic rings. The fourth-order valence-corrected chi connectivity index (χ4v) is 1.82. The first-order valence-corrected chi connectivity index (χ1v) is 5.58. The predicted octanol–water partition coefficient (Wildman–Crippen LogP) is 2.05. The number of anilines is 1. The van der Waals surface area contributed by atoms with Crippen LogP contribution in [0.4, 0.5) is 5.82 Å². The van der Waals surface area contributed by atoms with Gasteiger partial charge in [-0.05, 0) is 47.3 Å². The summed E-state index contributed by atoms with van der Waals surface area (Å²) in [5, 5.41) is 3.36. The second-order valence-electron chi connectivity index (χ2n) is 3.89. The quantitative estimate of drug-likeness (QED) is 0.851. The third kappa shape index (κ3) is 2.07. The van der Waals surface area contributed by atoms with Crippen LogP contribution in [0.2, 0.25) is 0 Å². The molecule has 1 saturated carbocycles. The van der Waals surface area contributed by atoms with Gasteiger partial charge in [-0.2, -0.15) is 0 Å². The van der Waals surface area contributed by atoms with Gasteiger partial charge in [0.25, 0.3) is 0 Å². The van der Waals surface area contributed by atoms with Crippen molar-refractivity contribution >= 4 is 21.7 Å². The van der Waals surface area contributed by atoms with Crippen molar-refractivity contribution in [2.75, 3.05) is 5.32 Å². The Balaban J connectivity index is 2.00. The van der Waals surface area contributed by atoms with Crippen LogP contribution in [0.5, 0.6) is 0 Å². The van der Waals surface area contributed by atoms with Gasteiger partial charge in [-0.15, -0.1) is 0 Å². The number of hydrogen-bond acceptors (Lipinski definition) is 3. The molecular formula is C10H14BrN3. The van der Waals surface area contributed by atoms with E-state index in [2.05, 4.69) is 33.2 Å². The summed E-state index contributed by atoms with van der Waals surface area (Å²) in [7, 11) is 0. The number of aryl methyl sites for hydroxylation is 1. The van der Waals surface area contributed by atoms with E-state index in [0.29, 0.717) is 12.1 Å². The van der Waals surface area contributed by atoms with Gasteiger partial charge in [0, 0.05) is 22.8 Å². The minimum absolute atomic E-state index is 0.379. The number of nitrogens with one attached hydrogen (secondary N) is 1. The zero-order chi connectivity index (χ0) is 10.1. The first kappa shape index (κ1) is 9.93. The molecule has 14 heavy (non-hydrogen) atoms. The van der Waals surface area contributed by atoms with Crippen molar-refractivity contribution in [3.05, 3.63) is 22.3 Å². The lowest BCUT2D eigenvalue weighted by molar-refractivity contribution is 0.373. The van der Waals surface area contributed by atoms with Crippen molar-refractivity contribution in [2.45, 2.75) is 31.8 Å². The van der Waals surface area contributed by atoms with E-state index >= 15 is 0 Å². The van der Waals surface area contributed by atoms with E-state index in [1.807, 2.05) is 12.3 Å². The molecule has 3 nitrogen and oxygen atoms in total. The molecule has 0 spiro atoms. The number of hydrogen-bond donors (Lipinski definition) is 2. The Hall–Kier alpha value is -0.610. The summed E-state index contributed by atoms with van der Waals surface area (Å²) >= 11 is 3.43. The number of rotatable bonds is 2. The number of nitrogens with two attached hydrogens (primary N) is 1. The zero-order valence-corrected chi connectivity index (χ0v) is 9.71. The largest absolute Gasteiger partial charge is 0.367 e. The van der Waals surface area contributed by atoms with E-state index in [0.717, 1.165) is 23.1 Å². The highest BCUT2D eigenvalue weighted by Crippen LogP contribution is 2.23. The Morgan fingerprint density at radius 2 is 2.29 bits per heavy atom. The lowest BCUT2D eigenvalue weighted by Gasteiger charge is -2.33. The van der Waals surface area contributed by atoms with Crippen LogP contribution in [0.1, 0.15) is 18.4 Å². The molecule has 4 heteroatoms. The van der Waals surface area contributed by atoms with Crippen molar-refractivity contribution in [2.24, 2.45) is 5.73 Å². The van der Waals surface area contributed by atoms with Gasteiger partial charge >= 0.3 is 0 Å². The van der Waals surface area contributed by atoms with Gasteiger partial charge in [0.2, 0.25) is 0 Å². The fourth-order valence-electron chi connectivity index (χ4n) is 1.61. The third-order valence-electron chi connectivity index (χ3n) is 2.57. The van der Waals surface area contributed by atoms with Crippen LogP contribution < -0.4 is 11.1 Å². The molecule has 0 bridgehead atoms. The first-order chi connectivity index (χ1) is 6.65. The summed E-state index contributed by atoms with van der Waals surface area (Å²) in [6, 6.07) is 2.94. The summed E-state index contributed by atoms with van der Waals surface area (Å²) < 4.78 is 1.05. The fraction of sp³-hybridized carbons (Fsp3) is 0.500. The Bertz CT molecular complexity index is 334. The molecule has 1 fully saturated rings. The van der Waals surface area contributed by atoms with Crippen molar-refractivity contribution in [1.82, 2.24) is 4.98 Å². The van der Waals surface area contributed by atoms with Crippen LogP contribution in [0.3, 0.4) is 0 Å². The van der Waals surface area contributed by atoms with Gasteiger partial charge in [0.15, 0.2) is 0 Å². The van der Waals surface area contributed by atoms with Crippen LogP contribution in [-0.2, 0) is 0 Å². The third-order valence-corrected chi connectivity index (χ3v) is 3.40. The number of aromatic nitrogens is 1. The maximum absolute atomic E-state index is 5.71. The Morgan fingerprint density at radius 1 is 1.57 bits per heavy atom. The maximum Gasteiger partial charge on any atom is 0.126 e. The average Bonchev–Trinajstić information content (AvgIpc) is 2.09. The standard InChI is InChI=1S/C10H14BrN3/c1-6-2-10(13-5-9(6)11)14-8-3-7(12)4-8/h2,5,7-8H,3-4,12H2,1H3,(H,13,14). The van der Waals surface area contributed by atoms with Gasteiger partial charge < -0.3 is 11.1 Å². The van der Waals surface area contributed by atoms with E-state index in [9.17, 15) is 0 Å². The molecule has 1 aromatic heterocycles. The van der Waals surface area contributed by atoms with E-state index in [-0.39, 0.29) is 0 Å². The first-order valence-electron chi connectivity index (χ1n) is 4.79. The van der Waals surface area contributed by atoms with Gasteiger partial charge in [0.05, 0.1) is 0 Å². The van der Waals surface area contributed by atoms with Gasteiger partial charge in [-0.25, -0.2) is 4.98 Å². The second kappa shape index (κ2) is 3.87. The predicted molar refractivity (Wildman–Crippen MR) is 61.3 cm³/mol. The van der Waals surface area contributed by atoms with Crippen LogP contribution in [0, 0.1) is 6.92 Å². The minimum Gasteiger partial charge on any atom is -0.367 e. The molecule has 2 rings (SSSR count). The molecular weight excluding hydrogens is 242 g/mol. The SMILES string of the molecule is Cc1cc(NC2CC(N)C2)ncc1Br. The summed E-state index contributed by atoms with van der Waals surface area (Å²) in [4.78, 5) is 4.29. The molecule has 0 saturated heterocycles. The molecule has 0 aromatic carbocycles. The van der Waals surface area contributed by atoms with E-state index < -0.39 is 0 Å². The molecule has 1 aromatic rings. The van der Waals surface area contributed by atoms with Crippen LogP contribution in [0.25, 0.3) is 0 Å². The van der Waals surface area contributed by atoms with Crippen molar-refractivity contribution in [1.29, 1.82) is 0 Å². The van der Waals surface area contributed by atoms with Crippen LogP contribution in [-0.4, -0.2) is 17.1 Å². The summed E-state index contributed by atoms with van der Waals surface area (Å²) in [5.41, 5.74) is 6.91. The number of pyridine rings is 1. The van der Waals surface area contributed by atoms with E-state index in [1.165, 1.54) is 5.56 Å². The average molecular weight is 256 g/mol. The smallest absolute Gasteiger partial charge is 0.126 e. The molecule has 3 N–H and O–H groups in total. The lowest BCUT2D eigenvalue weighted by Crippen LogP contribution is -2.44. The molecule has 0 amide bonds. The highest BCUT2D eigenvalue weighted by molar-refractivity contribution is 9.10. The highest BCUT2D eigenvalue weighted by atomic mass is 79.9. The molecule has 1 heterocycles. The van der Waals surface area contributed by atoms with E-state index in [1.54, 1.807) is 0 Å².